The molecule has 1 aromatic carbocycles. The molecule has 0 aliphatic heterocycles. The first-order valence-corrected chi connectivity index (χ1v) is 6.83. The lowest BCUT2D eigenvalue weighted by molar-refractivity contribution is 0.300. The highest BCUT2D eigenvalue weighted by atomic mass is 79.9. The number of phenolic OH excluding ortho intramolecular Hbond substituents is 1. The van der Waals surface area contributed by atoms with E-state index in [0.717, 1.165) is 12.8 Å². The summed E-state index contributed by atoms with van der Waals surface area (Å²) in [5, 5.41) is 9.79. The first-order chi connectivity index (χ1) is 8.11. The zero-order valence-electron chi connectivity index (χ0n) is 10.0. The van der Waals surface area contributed by atoms with Crippen molar-refractivity contribution in [2.24, 2.45) is 11.7 Å². The van der Waals surface area contributed by atoms with Crippen LogP contribution in [-0.2, 0) is 0 Å². The van der Waals surface area contributed by atoms with E-state index in [1.54, 1.807) is 12.1 Å². The largest absolute Gasteiger partial charge is 0.505 e. The average Bonchev–Trinajstić information content (AvgIpc) is 2.36. The predicted molar refractivity (Wildman–Crippen MR) is 76.5 cm³/mol. The molecule has 0 amide bonds. The van der Waals surface area contributed by atoms with Crippen molar-refractivity contribution >= 4 is 28.3 Å². The zero-order chi connectivity index (χ0) is 12.4. The van der Waals surface area contributed by atoms with Gasteiger partial charge in [-0.15, -0.1) is 12.4 Å². The SMILES string of the molecule is Cl.N[C@H](c1ccc(Br)c(F)c1O)C1CCCCC1. The summed E-state index contributed by atoms with van der Waals surface area (Å²) in [6, 6.07) is 3.05. The van der Waals surface area contributed by atoms with E-state index in [1.165, 1.54) is 19.3 Å². The van der Waals surface area contributed by atoms with E-state index >= 15 is 0 Å². The van der Waals surface area contributed by atoms with Crippen LogP contribution in [0.15, 0.2) is 16.6 Å². The summed E-state index contributed by atoms with van der Waals surface area (Å²) in [4.78, 5) is 0. The normalized spacial score (nSPS) is 18.2. The molecule has 1 aliphatic rings. The zero-order valence-corrected chi connectivity index (χ0v) is 12.4. The summed E-state index contributed by atoms with van der Waals surface area (Å²) >= 11 is 3.05. The summed E-state index contributed by atoms with van der Waals surface area (Å²) in [6.45, 7) is 0. The second-order valence-corrected chi connectivity index (χ2v) is 5.58. The van der Waals surface area contributed by atoms with E-state index in [1.807, 2.05) is 0 Å². The van der Waals surface area contributed by atoms with Crippen LogP contribution in [0, 0.1) is 11.7 Å². The predicted octanol–water partition coefficient (Wildman–Crippen LogP) is 4.30. The maximum Gasteiger partial charge on any atom is 0.179 e. The Morgan fingerprint density at radius 3 is 2.50 bits per heavy atom. The maximum atomic E-state index is 13.6. The minimum atomic E-state index is -0.617. The average molecular weight is 339 g/mol. The molecule has 18 heavy (non-hydrogen) atoms. The van der Waals surface area contributed by atoms with Gasteiger partial charge >= 0.3 is 0 Å². The Labute approximate surface area is 121 Å². The lowest BCUT2D eigenvalue weighted by Crippen LogP contribution is -2.23. The van der Waals surface area contributed by atoms with Crippen molar-refractivity contribution in [2.45, 2.75) is 38.1 Å². The smallest absolute Gasteiger partial charge is 0.179 e. The van der Waals surface area contributed by atoms with Gasteiger partial charge in [0.2, 0.25) is 0 Å². The lowest BCUT2D eigenvalue weighted by atomic mass is 9.81. The quantitative estimate of drug-likeness (QED) is 0.844. The molecule has 0 heterocycles. The van der Waals surface area contributed by atoms with Gasteiger partial charge in [0.1, 0.15) is 0 Å². The highest BCUT2D eigenvalue weighted by Crippen LogP contribution is 2.38. The maximum absolute atomic E-state index is 13.6. The summed E-state index contributed by atoms with van der Waals surface area (Å²) in [7, 11) is 0. The van der Waals surface area contributed by atoms with E-state index in [4.69, 9.17) is 5.73 Å². The number of phenols is 1. The molecule has 0 bridgehead atoms. The molecule has 2 nitrogen and oxygen atoms in total. The topological polar surface area (TPSA) is 46.2 Å². The molecule has 1 saturated carbocycles. The van der Waals surface area contributed by atoms with Gasteiger partial charge in [-0.2, -0.15) is 0 Å². The molecule has 2 rings (SSSR count). The van der Waals surface area contributed by atoms with Crippen molar-refractivity contribution in [1.82, 2.24) is 0 Å². The molecule has 0 radical (unpaired) electrons. The fourth-order valence-electron chi connectivity index (χ4n) is 2.57. The molecule has 1 atom stereocenters. The summed E-state index contributed by atoms with van der Waals surface area (Å²) in [5.74, 6) is -0.568. The van der Waals surface area contributed by atoms with Crippen molar-refractivity contribution < 1.29 is 9.50 Å². The molecule has 0 spiro atoms. The molecule has 1 aromatic rings. The second kappa shape index (κ2) is 6.73. The summed E-state index contributed by atoms with van der Waals surface area (Å²) in [5.41, 5.74) is 6.67. The van der Waals surface area contributed by atoms with E-state index in [-0.39, 0.29) is 28.7 Å². The van der Waals surface area contributed by atoms with Crippen LogP contribution in [-0.4, -0.2) is 5.11 Å². The van der Waals surface area contributed by atoms with E-state index in [2.05, 4.69) is 15.9 Å². The van der Waals surface area contributed by atoms with Crippen molar-refractivity contribution in [3.05, 3.63) is 28.0 Å². The van der Waals surface area contributed by atoms with Crippen molar-refractivity contribution in [2.75, 3.05) is 0 Å². The van der Waals surface area contributed by atoms with Gasteiger partial charge < -0.3 is 10.8 Å². The monoisotopic (exact) mass is 337 g/mol. The van der Waals surface area contributed by atoms with Crippen LogP contribution in [0.1, 0.15) is 43.7 Å². The second-order valence-electron chi connectivity index (χ2n) is 4.72. The van der Waals surface area contributed by atoms with Gasteiger partial charge in [-0.05, 0) is 40.8 Å². The van der Waals surface area contributed by atoms with Gasteiger partial charge in [0, 0.05) is 11.6 Å². The lowest BCUT2D eigenvalue weighted by Gasteiger charge is -2.28. The fraction of sp³-hybridized carbons (Fsp3) is 0.538. The molecule has 1 fully saturated rings. The van der Waals surface area contributed by atoms with Crippen LogP contribution in [0.2, 0.25) is 0 Å². The number of nitrogens with two attached hydrogens (primary N) is 1. The first kappa shape index (κ1) is 15.7. The molecular weight excluding hydrogens is 321 g/mol. The standard InChI is InChI=1S/C13H17BrFNO.ClH/c14-10-7-6-9(13(17)11(10)15)12(16)8-4-2-1-3-5-8;/h6-8,12,17H,1-5,16H2;1H/t12-;/m0./s1. The molecule has 0 unspecified atom stereocenters. The van der Waals surface area contributed by atoms with E-state index in [0.29, 0.717) is 11.5 Å². The van der Waals surface area contributed by atoms with Gasteiger partial charge in [-0.3, -0.25) is 0 Å². The number of rotatable bonds is 2. The Morgan fingerprint density at radius 2 is 1.89 bits per heavy atom. The Balaban J connectivity index is 0.00000162. The van der Waals surface area contributed by atoms with E-state index < -0.39 is 5.82 Å². The van der Waals surface area contributed by atoms with Gasteiger partial charge in [0.05, 0.1) is 4.47 Å². The third-order valence-corrected chi connectivity index (χ3v) is 4.23. The molecule has 0 saturated heterocycles. The van der Waals surface area contributed by atoms with Crippen LogP contribution in [0.5, 0.6) is 5.75 Å². The molecular formula is C13H18BrClFNO. The van der Waals surface area contributed by atoms with Gasteiger partial charge in [0.25, 0.3) is 0 Å². The third kappa shape index (κ3) is 3.16. The van der Waals surface area contributed by atoms with Crippen molar-refractivity contribution in [1.29, 1.82) is 0 Å². The van der Waals surface area contributed by atoms with Crippen molar-refractivity contribution in [3.63, 3.8) is 0 Å². The molecule has 0 aromatic heterocycles. The van der Waals surface area contributed by atoms with Crippen LogP contribution in [0.3, 0.4) is 0 Å². The number of hydrogen-bond donors (Lipinski definition) is 2. The van der Waals surface area contributed by atoms with Crippen molar-refractivity contribution in [3.8, 4) is 5.75 Å². The number of hydrogen-bond acceptors (Lipinski definition) is 2. The Bertz CT molecular complexity index is 410. The molecule has 3 N–H and O–H groups in total. The van der Waals surface area contributed by atoms with Crippen LogP contribution < -0.4 is 5.73 Å². The van der Waals surface area contributed by atoms with Gasteiger partial charge in [0.15, 0.2) is 11.6 Å². The van der Waals surface area contributed by atoms with Gasteiger partial charge in [-0.1, -0.05) is 25.3 Å². The molecule has 1 aliphatic carbocycles. The summed E-state index contributed by atoms with van der Waals surface area (Å²) in [6.07, 6.45) is 5.75. The van der Waals surface area contributed by atoms with Crippen LogP contribution in [0.25, 0.3) is 0 Å². The third-order valence-electron chi connectivity index (χ3n) is 3.62. The number of aromatic hydroxyl groups is 1. The number of benzene rings is 1. The number of halogens is 3. The minimum absolute atomic E-state index is 0. The molecule has 102 valence electrons. The highest BCUT2D eigenvalue weighted by molar-refractivity contribution is 9.10. The first-order valence-electron chi connectivity index (χ1n) is 6.03. The highest BCUT2D eigenvalue weighted by Gasteiger charge is 2.25. The minimum Gasteiger partial charge on any atom is -0.505 e. The van der Waals surface area contributed by atoms with Crippen LogP contribution in [0.4, 0.5) is 4.39 Å². The fourth-order valence-corrected chi connectivity index (χ4v) is 2.89. The Hall–Kier alpha value is -0.320. The van der Waals surface area contributed by atoms with Gasteiger partial charge in [-0.25, -0.2) is 4.39 Å². The Kier molecular flexibility index (Phi) is 5.89. The summed E-state index contributed by atoms with van der Waals surface area (Å²) < 4.78 is 13.8. The van der Waals surface area contributed by atoms with E-state index in [9.17, 15) is 9.50 Å². The molecule has 5 heteroatoms. The van der Waals surface area contributed by atoms with Crippen LogP contribution >= 0.6 is 28.3 Å². The Morgan fingerprint density at radius 1 is 1.28 bits per heavy atom.